The fourth-order valence-corrected chi connectivity index (χ4v) is 4.44. The fraction of sp³-hybridized carbons (Fsp3) is 0.526. The maximum atomic E-state index is 12.0. The maximum Gasteiger partial charge on any atom is 0.266 e. The molecule has 2 aromatic heterocycles. The Morgan fingerprint density at radius 1 is 1.16 bits per heavy atom. The summed E-state index contributed by atoms with van der Waals surface area (Å²) in [6, 6.07) is 8.06. The van der Waals surface area contributed by atoms with E-state index >= 15 is 0 Å². The molecule has 132 valence electrons. The summed E-state index contributed by atoms with van der Waals surface area (Å²) < 4.78 is 1.42. The fourth-order valence-electron chi connectivity index (χ4n) is 4.44. The lowest BCUT2D eigenvalue weighted by atomic mass is 9.85. The topological polar surface area (TPSA) is 71.2 Å². The molecule has 2 fully saturated rings. The molecule has 4 rings (SSSR count). The van der Waals surface area contributed by atoms with E-state index in [1.807, 2.05) is 19.3 Å². The molecule has 0 amide bonds. The SMILES string of the molecule is Cc1ccc(=O)n(CC2(O)CC3CCC(C2)N3Cc2ccncc2)n1. The summed E-state index contributed by atoms with van der Waals surface area (Å²) in [5.41, 5.74) is 1.05. The van der Waals surface area contributed by atoms with Gasteiger partial charge in [-0.25, -0.2) is 4.68 Å². The molecule has 0 aliphatic carbocycles. The van der Waals surface area contributed by atoms with Gasteiger partial charge in [-0.05, 0) is 56.4 Å². The normalized spacial score (nSPS) is 29.0. The van der Waals surface area contributed by atoms with Crippen LogP contribution in [0.4, 0.5) is 0 Å². The first-order valence-corrected chi connectivity index (χ1v) is 8.94. The van der Waals surface area contributed by atoms with E-state index in [1.54, 1.807) is 6.07 Å². The molecule has 6 heteroatoms. The van der Waals surface area contributed by atoms with E-state index in [4.69, 9.17) is 0 Å². The van der Waals surface area contributed by atoms with Gasteiger partial charge in [0.15, 0.2) is 0 Å². The van der Waals surface area contributed by atoms with Crippen molar-refractivity contribution in [3.63, 3.8) is 0 Å². The zero-order valence-electron chi connectivity index (χ0n) is 14.5. The van der Waals surface area contributed by atoms with Gasteiger partial charge in [-0.3, -0.25) is 14.7 Å². The van der Waals surface area contributed by atoms with Crippen molar-refractivity contribution in [1.29, 1.82) is 0 Å². The van der Waals surface area contributed by atoms with Crippen LogP contribution in [0.2, 0.25) is 0 Å². The third-order valence-electron chi connectivity index (χ3n) is 5.56. The van der Waals surface area contributed by atoms with Crippen LogP contribution in [0.15, 0.2) is 41.5 Å². The second-order valence-electron chi connectivity index (χ2n) is 7.52. The molecule has 0 spiro atoms. The molecule has 2 saturated heterocycles. The summed E-state index contributed by atoms with van der Waals surface area (Å²) in [6.07, 6.45) is 7.25. The lowest BCUT2D eigenvalue weighted by molar-refractivity contribution is -0.0677. The first kappa shape index (κ1) is 16.4. The molecule has 0 aromatic carbocycles. The summed E-state index contributed by atoms with van der Waals surface area (Å²) in [5, 5.41) is 15.5. The number of hydrogen-bond acceptors (Lipinski definition) is 5. The molecule has 1 N–H and O–H groups in total. The van der Waals surface area contributed by atoms with Crippen LogP contribution in [0, 0.1) is 6.92 Å². The lowest BCUT2D eigenvalue weighted by Crippen LogP contribution is -2.53. The molecule has 0 radical (unpaired) electrons. The number of aryl methyl sites for hydroxylation is 1. The Kier molecular flexibility index (Phi) is 4.17. The molecule has 2 aliphatic rings. The van der Waals surface area contributed by atoms with Crippen LogP contribution >= 0.6 is 0 Å². The van der Waals surface area contributed by atoms with Crippen molar-refractivity contribution in [3.8, 4) is 0 Å². The number of fused-ring (bicyclic) bond motifs is 2. The maximum absolute atomic E-state index is 12.0. The monoisotopic (exact) mass is 340 g/mol. The van der Waals surface area contributed by atoms with Crippen LogP contribution in [0.25, 0.3) is 0 Å². The lowest BCUT2D eigenvalue weighted by Gasteiger charge is -2.43. The van der Waals surface area contributed by atoms with Gasteiger partial charge in [0.25, 0.3) is 5.56 Å². The number of aromatic nitrogens is 3. The Balaban J connectivity index is 1.50. The van der Waals surface area contributed by atoms with Gasteiger partial charge in [0.2, 0.25) is 0 Å². The van der Waals surface area contributed by atoms with Crippen molar-refractivity contribution in [2.24, 2.45) is 0 Å². The molecule has 6 nitrogen and oxygen atoms in total. The van der Waals surface area contributed by atoms with E-state index in [9.17, 15) is 9.90 Å². The van der Waals surface area contributed by atoms with Gasteiger partial charge in [0.05, 0.1) is 17.8 Å². The van der Waals surface area contributed by atoms with Crippen LogP contribution in [0.3, 0.4) is 0 Å². The van der Waals surface area contributed by atoms with Gasteiger partial charge in [-0.2, -0.15) is 5.10 Å². The standard InChI is InChI=1S/C19H24N4O2/c1-14-2-5-18(24)23(21-14)13-19(25)10-16-3-4-17(11-19)22(16)12-15-6-8-20-9-7-15/h2,5-9,16-17,25H,3-4,10-13H2,1H3. The summed E-state index contributed by atoms with van der Waals surface area (Å²) >= 11 is 0. The number of hydrogen-bond donors (Lipinski definition) is 1. The molecule has 2 aromatic rings. The van der Waals surface area contributed by atoms with Crippen LogP contribution in [0.5, 0.6) is 0 Å². The zero-order chi connectivity index (χ0) is 17.4. The predicted octanol–water partition coefficient (Wildman–Crippen LogP) is 1.50. The molecule has 0 saturated carbocycles. The minimum Gasteiger partial charge on any atom is -0.388 e. The van der Waals surface area contributed by atoms with E-state index in [0.717, 1.165) is 25.1 Å². The highest BCUT2D eigenvalue weighted by Crippen LogP contribution is 2.42. The van der Waals surface area contributed by atoms with Crippen LogP contribution in [-0.4, -0.2) is 42.5 Å². The van der Waals surface area contributed by atoms with Crippen LogP contribution < -0.4 is 5.56 Å². The molecule has 2 atom stereocenters. The van der Waals surface area contributed by atoms with E-state index in [0.29, 0.717) is 24.9 Å². The highest BCUT2D eigenvalue weighted by atomic mass is 16.3. The second kappa shape index (κ2) is 6.35. The Bertz CT molecular complexity index is 791. The molecular formula is C19H24N4O2. The average Bonchev–Trinajstić information content (AvgIpc) is 2.83. The first-order chi connectivity index (χ1) is 12.0. The minimum atomic E-state index is -0.856. The molecule has 2 aliphatic heterocycles. The van der Waals surface area contributed by atoms with E-state index in [-0.39, 0.29) is 12.1 Å². The number of piperidine rings is 1. The summed E-state index contributed by atoms with van der Waals surface area (Å²) in [6.45, 7) is 3.04. The Labute approximate surface area is 147 Å². The van der Waals surface area contributed by atoms with E-state index in [1.165, 1.54) is 16.3 Å². The number of pyridine rings is 1. The summed E-state index contributed by atoms with van der Waals surface area (Å²) in [4.78, 5) is 18.6. The predicted molar refractivity (Wildman–Crippen MR) is 94.0 cm³/mol. The second-order valence-corrected chi connectivity index (χ2v) is 7.52. The van der Waals surface area contributed by atoms with Crippen molar-refractivity contribution >= 4 is 0 Å². The average molecular weight is 340 g/mol. The van der Waals surface area contributed by atoms with Gasteiger partial charge in [-0.15, -0.1) is 0 Å². The third kappa shape index (κ3) is 3.37. The number of rotatable bonds is 4. The van der Waals surface area contributed by atoms with Crippen LogP contribution in [-0.2, 0) is 13.1 Å². The van der Waals surface area contributed by atoms with Crippen molar-refractivity contribution in [3.05, 3.63) is 58.3 Å². The first-order valence-electron chi connectivity index (χ1n) is 8.94. The van der Waals surface area contributed by atoms with E-state index < -0.39 is 5.60 Å². The smallest absolute Gasteiger partial charge is 0.266 e. The Hall–Kier alpha value is -2.05. The Morgan fingerprint density at radius 3 is 2.52 bits per heavy atom. The molecule has 2 bridgehead atoms. The van der Waals surface area contributed by atoms with E-state index in [2.05, 4.69) is 27.1 Å². The van der Waals surface area contributed by atoms with Crippen molar-refractivity contribution in [2.75, 3.05) is 0 Å². The van der Waals surface area contributed by atoms with Gasteiger partial charge < -0.3 is 5.11 Å². The van der Waals surface area contributed by atoms with Crippen LogP contribution in [0.1, 0.15) is 36.9 Å². The quantitative estimate of drug-likeness (QED) is 0.913. The molecule has 2 unspecified atom stereocenters. The van der Waals surface area contributed by atoms with Crippen molar-refractivity contribution < 1.29 is 5.11 Å². The van der Waals surface area contributed by atoms with Gasteiger partial charge in [-0.1, -0.05) is 0 Å². The minimum absolute atomic E-state index is 0.148. The largest absolute Gasteiger partial charge is 0.388 e. The van der Waals surface area contributed by atoms with Crippen molar-refractivity contribution in [1.82, 2.24) is 19.7 Å². The van der Waals surface area contributed by atoms with Crippen molar-refractivity contribution in [2.45, 2.75) is 63.4 Å². The summed E-state index contributed by atoms with van der Waals surface area (Å²) in [7, 11) is 0. The molecule has 25 heavy (non-hydrogen) atoms. The highest BCUT2D eigenvalue weighted by Gasteiger charge is 2.47. The van der Waals surface area contributed by atoms with Gasteiger partial charge in [0.1, 0.15) is 0 Å². The van der Waals surface area contributed by atoms with Gasteiger partial charge >= 0.3 is 0 Å². The summed E-state index contributed by atoms with van der Waals surface area (Å²) in [5.74, 6) is 0. The number of aliphatic hydroxyl groups is 1. The molecular weight excluding hydrogens is 316 g/mol. The highest BCUT2D eigenvalue weighted by molar-refractivity contribution is 5.12. The third-order valence-corrected chi connectivity index (χ3v) is 5.56. The zero-order valence-corrected chi connectivity index (χ0v) is 14.5. The Morgan fingerprint density at radius 2 is 1.84 bits per heavy atom. The number of nitrogens with zero attached hydrogens (tertiary/aromatic N) is 4. The molecule has 4 heterocycles. The van der Waals surface area contributed by atoms with Gasteiger partial charge in [0, 0.05) is 37.1 Å².